The van der Waals surface area contributed by atoms with E-state index in [2.05, 4.69) is 15.5 Å². The summed E-state index contributed by atoms with van der Waals surface area (Å²) in [5.74, 6) is -1.45. The van der Waals surface area contributed by atoms with Crippen LogP contribution in [0.15, 0.2) is 42.6 Å². The number of nitrogens with zero attached hydrogens (tertiary/aromatic N) is 3. The highest BCUT2D eigenvalue weighted by atomic mass is 19.4. The summed E-state index contributed by atoms with van der Waals surface area (Å²) in [5.41, 5.74) is -0.946. The number of hydrogen-bond acceptors (Lipinski definition) is 6. The molecule has 2 atom stereocenters. The van der Waals surface area contributed by atoms with Crippen LogP contribution in [0.1, 0.15) is 27.2 Å². The molecule has 0 saturated carbocycles. The van der Waals surface area contributed by atoms with E-state index >= 15 is 8.78 Å². The third-order valence-electron chi connectivity index (χ3n) is 6.95. The predicted molar refractivity (Wildman–Crippen MR) is 128 cm³/mol. The maximum atomic E-state index is 15.5. The van der Waals surface area contributed by atoms with Crippen molar-refractivity contribution in [1.82, 2.24) is 10.2 Å². The van der Waals surface area contributed by atoms with Crippen LogP contribution >= 0.6 is 0 Å². The normalized spacial score (nSPS) is 21.0. The largest absolute Gasteiger partial charge is 0.435 e. The number of aryl methyl sites for hydroxylation is 1. The van der Waals surface area contributed by atoms with Gasteiger partial charge in [-0.25, -0.2) is 8.78 Å². The summed E-state index contributed by atoms with van der Waals surface area (Å²) in [5, 5.41) is 18.6. The van der Waals surface area contributed by atoms with E-state index in [1.807, 2.05) is 0 Å². The average Bonchev–Trinajstić information content (AvgIpc) is 2.90. The van der Waals surface area contributed by atoms with Crippen LogP contribution in [0.3, 0.4) is 0 Å². The maximum Gasteiger partial charge on any atom is 0.435 e. The van der Waals surface area contributed by atoms with Gasteiger partial charge in [-0.1, -0.05) is 6.07 Å². The van der Waals surface area contributed by atoms with Crippen LogP contribution < -0.4 is 10.2 Å². The molecule has 2 aromatic carbocycles. The SMILES string of the molecule is Cc1ccc(NC(=O)c2cnnc(C(F)(F)F)c2)cc1-c1cc(F)c2c(c1)N1CCOC[C@@H]1[C@@](F)(CO)C2. The Hall–Kier alpha value is -3.64. The van der Waals surface area contributed by atoms with Crippen LogP contribution in [0, 0.1) is 12.7 Å². The Morgan fingerprint density at radius 3 is 2.79 bits per heavy atom. The number of morpholine rings is 1. The number of amides is 1. The molecular formula is C26H23F5N4O3. The molecule has 3 heterocycles. The van der Waals surface area contributed by atoms with E-state index in [4.69, 9.17) is 4.74 Å². The van der Waals surface area contributed by atoms with Crippen LogP contribution in [0.25, 0.3) is 11.1 Å². The quantitative estimate of drug-likeness (QED) is 0.485. The number of fused-ring (bicyclic) bond motifs is 3. The van der Waals surface area contributed by atoms with Gasteiger partial charge >= 0.3 is 6.18 Å². The van der Waals surface area contributed by atoms with Crippen molar-refractivity contribution in [2.45, 2.75) is 31.2 Å². The molecule has 0 spiro atoms. The highest BCUT2D eigenvalue weighted by Gasteiger charge is 2.49. The minimum absolute atomic E-state index is 0.0583. The number of benzene rings is 2. The van der Waals surface area contributed by atoms with Crippen LogP contribution in [0.4, 0.5) is 33.3 Å². The lowest BCUT2D eigenvalue weighted by Crippen LogP contribution is -2.62. The summed E-state index contributed by atoms with van der Waals surface area (Å²) in [6, 6.07) is 7.68. The second-order valence-corrected chi connectivity index (χ2v) is 9.42. The van der Waals surface area contributed by atoms with Gasteiger partial charge in [0.25, 0.3) is 5.91 Å². The first-order valence-corrected chi connectivity index (χ1v) is 11.8. The van der Waals surface area contributed by atoms with E-state index < -0.39 is 41.9 Å². The minimum atomic E-state index is -4.75. The first-order chi connectivity index (χ1) is 18.0. The van der Waals surface area contributed by atoms with Crippen LogP contribution in [0.2, 0.25) is 0 Å². The fourth-order valence-electron chi connectivity index (χ4n) is 4.95. The lowest BCUT2D eigenvalue weighted by molar-refractivity contribution is -0.141. The van der Waals surface area contributed by atoms with E-state index in [0.717, 1.165) is 11.8 Å². The van der Waals surface area contributed by atoms with Crippen LogP contribution in [-0.2, 0) is 17.3 Å². The molecule has 12 heteroatoms. The molecule has 2 aliphatic rings. The van der Waals surface area contributed by atoms with Gasteiger partial charge in [0.2, 0.25) is 0 Å². The zero-order valence-electron chi connectivity index (χ0n) is 20.1. The van der Waals surface area contributed by atoms with Crippen molar-refractivity contribution in [2.75, 3.05) is 36.6 Å². The number of nitrogens with one attached hydrogen (secondary N) is 1. The molecule has 7 nitrogen and oxygen atoms in total. The van der Waals surface area contributed by atoms with Gasteiger partial charge in [0.05, 0.1) is 37.6 Å². The Morgan fingerprint density at radius 2 is 2.05 bits per heavy atom. The first-order valence-electron chi connectivity index (χ1n) is 11.8. The molecule has 0 bridgehead atoms. The molecule has 5 rings (SSSR count). The van der Waals surface area contributed by atoms with E-state index in [0.29, 0.717) is 36.0 Å². The molecule has 200 valence electrons. The maximum absolute atomic E-state index is 15.5. The van der Waals surface area contributed by atoms with Gasteiger partial charge in [0, 0.05) is 29.9 Å². The van der Waals surface area contributed by atoms with Gasteiger partial charge in [-0.2, -0.15) is 18.3 Å². The van der Waals surface area contributed by atoms with Crippen molar-refractivity contribution in [3.05, 3.63) is 70.8 Å². The highest BCUT2D eigenvalue weighted by molar-refractivity contribution is 6.04. The summed E-state index contributed by atoms with van der Waals surface area (Å²) < 4.78 is 75.2. The minimum Gasteiger partial charge on any atom is -0.393 e. The van der Waals surface area contributed by atoms with Crippen molar-refractivity contribution >= 4 is 17.3 Å². The summed E-state index contributed by atoms with van der Waals surface area (Å²) in [6.07, 6.45) is -4.13. The van der Waals surface area contributed by atoms with E-state index in [1.54, 1.807) is 36.1 Å². The number of rotatable bonds is 4. The van der Waals surface area contributed by atoms with Crippen molar-refractivity contribution in [3.63, 3.8) is 0 Å². The van der Waals surface area contributed by atoms with Crippen molar-refractivity contribution in [3.8, 4) is 11.1 Å². The number of anilines is 2. The fourth-order valence-corrected chi connectivity index (χ4v) is 4.95. The molecule has 38 heavy (non-hydrogen) atoms. The summed E-state index contributed by atoms with van der Waals surface area (Å²) in [4.78, 5) is 14.4. The van der Waals surface area contributed by atoms with Crippen LogP contribution in [0.5, 0.6) is 0 Å². The standard InChI is InChI=1S/C26H23F5N4O3/c1-14-2-3-17(33-24(37)16-8-22(26(29,30)31)34-32-11-16)9-18(14)15-6-20(27)19-10-25(28,13-36)23-12-38-5-4-35(23)21(19)7-15/h2-3,6-9,11,23,36H,4-5,10,12-13H2,1H3,(H,33,37)/t23-,25+/m1/s1. The Balaban J connectivity index is 1.48. The number of aromatic nitrogens is 2. The third-order valence-corrected chi connectivity index (χ3v) is 6.95. The average molecular weight is 534 g/mol. The molecule has 2 N–H and O–H groups in total. The van der Waals surface area contributed by atoms with Gasteiger partial charge in [-0.3, -0.25) is 4.79 Å². The third kappa shape index (κ3) is 4.69. The highest BCUT2D eigenvalue weighted by Crippen LogP contribution is 2.43. The van der Waals surface area contributed by atoms with Crippen molar-refractivity contribution in [1.29, 1.82) is 0 Å². The number of alkyl halides is 4. The number of aliphatic hydroxyl groups excluding tert-OH is 1. The molecule has 1 fully saturated rings. The van der Waals surface area contributed by atoms with Crippen molar-refractivity contribution < 1.29 is 36.6 Å². The van der Waals surface area contributed by atoms with Crippen molar-refractivity contribution in [2.24, 2.45) is 0 Å². The molecule has 1 amide bonds. The van der Waals surface area contributed by atoms with E-state index in [1.165, 1.54) is 6.07 Å². The number of ether oxygens (including phenoxy) is 1. The zero-order valence-corrected chi connectivity index (χ0v) is 20.1. The van der Waals surface area contributed by atoms with E-state index in [9.17, 15) is 23.1 Å². The molecule has 1 aromatic heterocycles. The molecule has 0 unspecified atom stereocenters. The molecule has 0 aliphatic carbocycles. The monoisotopic (exact) mass is 534 g/mol. The summed E-state index contributed by atoms with van der Waals surface area (Å²) >= 11 is 0. The second-order valence-electron chi connectivity index (χ2n) is 9.42. The lowest BCUT2D eigenvalue weighted by atomic mass is 9.81. The number of carbonyl (C=O) groups is 1. The Kier molecular flexibility index (Phi) is 6.56. The van der Waals surface area contributed by atoms with Gasteiger partial charge in [-0.05, 0) is 53.9 Å². The van der Waals surface area contributed by atoms with Gasteiger partial charge in [0.15, 0.2) is 11.4 Å². The second kappa shape index (κ2) is 9.59. The smallest absolute Gasteiger partial charge is 0.393 e. The van der Waals surface area contributed by atoms with Gasteiger partial charge < -0.3 is 20.1 Å². The Labute approximate surface area is 214 Å². The Morgan fingerprint density at radius 1 is 1.26 bits per heavy atom. The molecule has 0 radical (unpaired) electrons. The molecule has 1 saturated heterocycles. The number of carbonyl (C=O) groups excluding carboxylic acids is 1. The first kappa shape index (κ1) is 26.0. The number of hydrogen-bond donors (Lipinski definition) is 2. The number of aliphatic hydroxyl groups is 1. The van der Waals surface area contributed by atoms with Gasteiger partial charge in [0.1, 0.15) is 5.82 Å². The Bertz CT molecular complexity index is 1400. The van der Waals surface area contributed by atoms with E-state index in [-0.39, 0.29) is 29.8 Å². The molecule has 3 aromatic rings. The summed E-state index contributed by atoms with van der Waals surface area (Å²) in [6.45, 7) is 1.72. The summed E-state index contributed by atoms with van der Waals surface area (Å²) in [7, 11) is 0. The molecule has 2 aliphatic heterocycles. The number of halogens is 5. The zero-order chi connectivity index (χ0) is 27.2. The fraction of sp³-hybridized carbons (Fsp3) is 0.346. The predicted octanol–water partition coefficient (Wildman–Crippen LogP) is 4.32. The topological polar surface area (TPSA) is 87.6 Å². The lowest BCUT2D eigenvalue weighted by Gasteiger charge is -2.48. The van der Waals surface area contributed by atoms with Crippen LogP contribution in [-0.4, -0.2) is 59.3 Å². The molecular weight excluding hydrogens is 511 g/mol. The van der Waals surface area contributed by atoms with Gasteiger partial charge in [-0.15, -0.1) is 5.10 Å².